The molecule has 0 aliphatic rings. The fraction of sp³-hybridized carbons (Fsp3) is 0.263. The number of hydrazone groups is 1. The van der Waals surface area contributed by atoms with Crippen LogP contribution >= 0.6 is 22.6 Å². The van der Waals surface area contributed by atoms with Gasteiger partial charge in [0.05, 0.1) is 29.4 Å². The lowest BCUT2D eigenvalue weighted by atomic mass is 10.1. The predicted molar refractivity (Wildman–Crippen MR) is 107 cm³/mol. The molecule has 0 spiro atoms. The van der Waals surface area contributed by atoms with E-state index < -0.39 is 0 Å². The first kappa shape index (κ1) is 19.2. The van der Waals surface area contributed by atoms with Crippen LogP contribution in [0.15, 0.2) is 47.6 Å². The third kappa shape index (κ3) is 6.04. The molecule has 0 heterocycles. The number of nitrogens with one attached hydrogen (secondary N) is 1. The second-order valence-corrected chi connectivity index (χ2v) is 6.31. The van der Waals surface area contributed by atoms with Gasteiger partial charge < -0.3 is 9.47 Å². The highest BCUT2D eigenvalue weighted by atomic mass is 127. The van der Waals surface area contributed by atoms with Gasteiger partial charge in [-0.15, -0.1) is 0 Å². The molecule has 0 aliphatic carbocycles. The highest BCUT2D eigenvalue weighted by Gasteiger charge is 2.11. The second kappa shape index (κ2) is 10.0. The summed E-state index contributed by atoms with van der Waals surface area (Å²) in [7, 11) is 0. The number of hydrogen-bond acceptors (Lipinski definition) is 4. The van der Waals surface area contributed by atoms with Crippen LogP contribution in [0.5, 0.6) is 11.5 Å². The van der Waals surface area contributed by atoms with Crippen LogP contribution in [0, 0.1) is 3.57 Å². The van der Waals surface area contributed by atoms with Gasteiger partial charge in [-0.1, -0.05) is 30.3 Å². The van der Waals surface area contributed by atoms with Gasteiger partial charge in [0, 0.05) is 0 Å². The zero-order valence-electron chi connectivity index (χ0n) is 14.3. The Kier molecular flexibility index (Phi) is 7.72. The molecule has 0 atom stereocenters. The van der Waals surface area contributed by atoms with Gasteiger partial charge in [0.25, 0.3) is 0 Å². The topological polar surface area (TPSA) is 59.9 Å². The summed E-state index contributed by atoms with van der Waals surface area (Å²) < 4.78 is 12.2. The molecule has 2 rings (SSSR count). The maximum Gasteiger partial charge on any atom is 0.244 e. The summed E-state index contributed by atoms with van der Waals surface area (Å²) >= 11 is 2.20. The van der Waals surface area contributed by atoms with Crippen molar-refractivity contribution in [1.29, 1.82) is 0 Å². The van der Waals surface area contributed by atoms with Crippen molar-refractivity contribution in [2.45, 2.75) is 20.3 Å². The Morgan fingerprint density at radius 2 is 1.88 bits per heavy atom. The Morgan fingerprint density at radius 1 is 1.16 bits per heavy atom. The number of ether oxygens (including phenoxy) is 2. The van der Waals surface area contributed by atoms with Crippen molar-refractivity contribution in [3.63, 3.8) is 0 Å². The maximum atomic E-state index is 11.9. The van der Waals surface area contributed by atoms with Crippen molar-refractivity contribution in [2.75, 3.05) is 13.2 Å². The first-order chi connectivity index (χ1) is 12.1. The fourth-order valence-electron chi connectivity index (χ4n) is 2.21. The molecule has 2 aromatic carbocycles. The van der Waals surface area contributed by atoms with E-state index >= 15 is 0 Å². The molecule has 0 fully saturated rings. The molecular formula is C19H21IN2O3. The quantitative estimate of drug-likeness (QED) is 0.377. The number of halogens is 1. The summed E-state index contributed by atoms with van der Waals surface area (Å²) in [6, 6.07) is 13.3. The molecular weight excluding hydrogens is 431 g/mol. The predicted octanol–water partition coefficient (Wildman–Crippen LogP) is 3.78. The minimum absolute atomic E-state index is 0.159. The number of hydrogen-bond donors (Lipinski definition) is 1. The Bertz CT molecular complexity index is 733. The largest absolute Gasteiger partial charge is 0.490 e. The maximum absolute atomic E-state index is 11.9. The molecule has 0 aliphatic heterocycles. The normalized spacial score (nSPS) is 10.7. The van der Waals surface area contributed by atoms with E-state index in [9.17, 15) is 4.79 Å². The van der Waals surface area contributed by atoms with Crippen LogP contribution in [0.1, 0.15) is 25.0 Å². The highest BCUT2D eigenvalue weighted by molar-refractivity contribution is 14.1. The first-order valence-electron chi connectivity index (χ1n) is 8.09. The van der Waals surface area contributed by atoms with E-state index in [1.54, 1.807) is 6.21 Å². The first-order valence-corrected chi connectivity index (χ1v) is 9.16. The summed E-state index contributed by atoms with van der Waals surface area (Å²) in [5.41, 5.74) is 4.32. The molecule has 0 aromatic heterocycles. The number of nitrogens with zero attached hydrogens (tertiary/aromatic N) is 1. The zero-order valence-corrected chi connectivity index (χ0v) is 16.4. The summed E-state index contributed by atoms with van der Waals surface area (Å²) in [6.45, 7) is 4.97. The lowest BCUT2D eigenvalue weighted by molar-refractivity contribution is -0.120. The van der Waals surface area contributed by atoms with Gasteiger partial charge in [0.15, 0.2) is 11.5 Å². The van der Waals surface area contributed by atoms with E-state index in [1.165, 1.54) is 0 Å². The molecule has 0 radical (unpaired) electrons. The van der Waals surface area contributed by atoms with E-state index in [-0.39, 0.29) is 5.91 Å². The number of carbonyl (C=O) groups excluding carboxylic acids is 1. The standard InChI is InChI=1S/C19H21IN2O3/c1-3-24-17-11-15(10-16(20)19(17)25-4-2)13-21-22-18(23)12-14-8-6-5-7-9-14/h5-11,13H,3-4,12H2,1-2H3,(H,22,23)/b21-13-. The minimum atomic E-state index is -0.159. The molecule has 0 saturated heterocycles. The van der Waals surface area contributed by atoms with Crippen molar-refractivity contribution in [2.24, 2.45) is 5.10 Å². The molecule has 2 aromatic rings. The summed E-state index contributed by atoms with van der Waals surface area (Å²) in [6.07, 6.45) is 1.90. The average molecular weight is 452 g/mol. The van der Waals surface area contributed by atoms with Crippen LogP contribution in [-0.4, -0.2) is 25.3 Å². The fourth-order valence-corrected chi connectivity index (χ4v) is 2.99. The van der Waals surface area contributed by atoms with Crippen LogP contribution < -0.4 is 14.9 Å². The van der Waals surface area contributed by atoms with Crippen LogP contribution in [0.3, 0.4) is 0 Å². The van der Waals surface area contributed by atoms with Crippen molar-refractivity contribution in [3.05, 3.63) is 57.2 Å². The van der Waals surface area contributed by atoms with Gasteiger partial charge in [-0.25, -0.2) is 5.43 Å². The smallest absolute Gasteiger partial charge is 0.244 e. The van der Waals surface area contributed by atoms with E-state index in [0.29, 0.717) is 25.4 Å². The number of amides is 1. The number of carbonyl (C=O) groups is 1. The molecule has 0 unspecified atom stereocenters. The number of rotatable bonds is 8. The van der Waals surface area contributed by atoms with E-state index in [0.717, 1.165) is 20.4 Å². The van der Waals surface area contributed by atoms with E-state index in [2.05, 4.69) is 33.1 Å². The third-order valence-electron chi connectivity index (χ3n) is 3.23. The lowest BCUT2D eigenvalue weighted by Gasteiger charge is -2.13. The van der Waals surface area contributed by atoms with Gasteiger partial charge in [-0.05, 0) is 59.7 Å². The van der Waals surface area contributed by atoms with E-state index in [4.69, 9.17) is 9.47 Å². The van der Waals surface area contributed by atoms with Gasteiger partial charge in [-0.2, -0.15) is 5.10 Å². The molecule has 1 N–H and O–H groups in total. The lowest BCUT2D eigenvalue weighted by Crippen LogP contribution is -2.19. The van der Waals surface area contributed by atoms with Crippen LogP contribution in [-0.2, 0) is 11.2 Å². The summed E-state index contributed by atoms with van der Waals surface area (Å²) in [5.74, 6) is 1.25. The van der Waals surface area contributed by atoms with Gasteiger partial charge in [0.2, 0.25) is 5.91 Å². The van der Waals surface area contributed by atoms with Crippen molar-refractivity contribution in [1.82, 2.24) is 5.43 Å². The number of benzene rings is 2. The Hall–Kier alpha value is -2.09. The molecule has 132 valence electrons. The Balaban J connectivity index is 2.03. The molecule has 5 nitrogen and oxygen atoms in total. The molecule has 0 saturated carbocycles. The minimum Gasteiger partial charge on any atom is -0.490 e. The van der Waals surface area contributed by atoms with Crippen molar-refractivity contribution >= 4 is 34.7 Å². The van der Waals surface area contributed by atoms with Gasteiger partial charge in [-0.3, -0.25) is 4.79 Å². The third-order valence-corrected chi connectivity index (χ3v) is 4.03. The zero-order chi connectivity index (χ0) is 18.1. The van der Waals surface area contributed by atoms with Crippen molar-refractivity contribution in [3.8, 4) is 11.5 Å². The van der Waals surface area contributed by atoms with Crippen LogP contribution in [0.25, 0.3) is 0 Å². The highest BCUT2D eigenvalue weighted by Crippen LogP contribution is 2.33. The molecule has 25 heavy (non-hydrogen) atoms. The molecule has 0 bridgehead atoms. The molecule has 6 heteroatoms. The van der Waals surface area contributed by atoms with Gasteiger partial charge >= 0.3 is 0 Å². The Labute approximate surface area is 161 Å². The SMILES string of the molecule is CCOc1cc(/C=N\NC(=O)Cc2ccccc2)cc(I)c1OCC. The molecule has 1 amide bonds. The van der Waals surface area contributed by atoms with Gasteiger partial charge in [0.1, 0.15) is 0 Å². The van der Waals surface area contributed by atoms with E-state index in [1.807, 2.05) is 56.3 Å². The average Bonchev–Trinajstić information content (AvgIpc) is 2.59. The monoisotopic (exact) mass is 452 g/mol. The summed E-state index contributed by atoms with van der Waals surface area (Å²) in [5, 5.41) is 4.03. The van der Waals surface area contributed by atoms with Crippen LogP contribution in [0.2, 0.25) is 0 Å². The Morgan fingerprint density at radius 3 is 2.56 bits per heavy atom. The summed E-state index contributed by atoms with van der Waals surface area (Å²) in [4.78, 5) is 11.9. The second-order valence-electron chi connectivity index (χ2n) is 5.15. The van der Waals surface area contributed by atoms with Crippen molar-refractivity contribution < 1.29 is 14.3 Å². The van der Waals surface area contributed by atoms with Crippen LogP contribution in [0.4, 0.5) is 0 Å².